The van der Waals surface area contributed by atoms with Crippen LogP contribution in [0.2, 0.25) is 0 Å². The molecule has 1 aromatic carbocycles. The van der Waals surface area contributed by atoms with Gasteiger partial charge in [-0.15, -0.1) is 0 Å². The number of anilines is 1. The third-order valence-corrected chi connectivity index (χ3v) is 4.91. The van der Waals surface area contributed by atoms with Crippen LogP contribution < -0.4 is 5.32 Å². The highest BCUT2D eigenvalue weighted by atomic mass is 79.9. The predicted molar refractivity (Wildman–Crippen MR) is 67.8 cm³/mol. The van der Waals surface area contributed by atoms with Gasteiger partial charge in [-0.05, 0) is 36.0 Å². The van der Waals surface area contributed by atoms with Gasteiger partial charge >= 0.3 is 0 Å². The van der Waals surface area contributed by atoms with E-state index < -0.39 is 0 Å². The molecule has 1 saturated carbocycles. The number of carbonyl (C=O) groups excluding carboxylic acids is 1. The van der Waals surface area contributed by atoms with Crippen molar-refractivity contribution in [1.82, 2.24) is 0 Å². The summed E-state index contributed by atoms with van der Waals surface area (Å²) in [6.45, 7) is 0. The minimum atomic E-state index is 0.113. The molecule has 16 heavy (non-hydrogen) atoms. The maximum atomic E-state index is 11.3. The fourth-order valence-electron chi connectivity index (χ4n) is 2.43. The second-order valence-corrected chi connectivity index (χ2v) is 5.72. The van der Waals surface area contributed by atoms with Crippen molar-refractivity contribution >= 4 is 27.5 Å². The van der Waals surface area contributed by atoms with E-state index >= 15 is 0 Å². The van der Waals surface area contributed by atoms with Crippen molar-refractivity contribution in [2.45, 2.75) is 30.5 Å². The smallest absolute Gasteiger partial charge is 0.228 e. The van der Waals surface area contributed by atoms with Crippen LogP contribution in [-0.4, -0.2) is 5.91 Å². The van der Waals surface area contributed by atoms with Gasteiger partial charge in [-0.2, -0.15) is 0 Å². The first kappa shape index (κ1) is 10.3. The molecule has 0 saturated heterocycles. The Morgan fingerprint density at radius 1 is 1.38 bits per heavy atom. The lowest BCUT2D eigenvalue weighted by molar-refractivity contribution is -0.115. The topological polar surface area (TPSA) is 29.1 Å². The molecule has 1 aromatic rings. The number of nitrogens with one attached hydrogen (secondary N) is 1. The highest BCUT2D eigenvalue weighted by Crippen LogP contribution is 2.43. The average molecular weight is 280 g/mol. The van der Waals surface area contributed by atoms with Gasteiger partial charge in [-0.1, -0.05) is 34.5 Å². The Bertz CT molecular complexity index is 440. The molecule has 0 aromatic heterocycles. The standard InChI is InChI=1S/C13H14BrNO/c14-13(8-2-1-3-8)9-4-5-11-10(6-9)7-12(16)15-11/h4-6,8,13H,1-3,7H2,(H,15,16). The van der Waals surface area contributed by atoms with Gasteiger partial charge in [0.05, 0.1) is 6.42 Å². The summed E-state index contributed by atoms with van der Waals surface area (Å²) in [6, 6.07) is 6.33. The third kappa shape index (κ3) is 1.67. The average Bonchev–Trinajstić information content (AvgIpc) is 2.53. The molecule has 0 radical (unpaired) electrons. The SMILES string of the molecule is O=C1Cc2cc(C(Br)C3CCC3)ccc2N1. The van der Waals surface area contributed by atoms with Gasteiger partial charge in [-0.3, -0.25) is 4.79 Å². The Hall–Kier alpha value is -0.830. The monoisotopic (exact) mass is 279 g/mol. The number of carbonyl (C=O) groups is 1. The van der Waals surface area contributed by atoms with Crippen LogP contribution in [0.5, 0.6) is 0 Å². The predicted octanol–water partition coefficient (Wildman–Crippen LogP) is 3.42. The Morgan fingerprint density at radius 2 is 2.19 bits per heavy atom. The summed E-state index contributed by atoms with van der Waals surface area (Å²) in [5.41, 5.74) is 3.45. The summed E-state index contributed by atoms with van der Waals surface area (Å²) < 4.78 is 0. The highest BCUT2D eigenvalue weighted by molar-refractivity contribution is 9.09. The van der Waals surface area contributed by atoms with Crippen LogP contribution in [0.15, 0.2) is 18.2 Å². The van der Waals surface area contributed by atoms with Crippen LogP contribution in [0.25, 0.3) is 0 Å². The second-order valence-electron chi connectivity index (χ2n) is 4.73. The molecule has 3 rings (SSSR count). The quantitative estimate of drug-likeness (QED) is 0.826. The summed E-state index contributed by atoms with van der Waals surface area (Å²) in [4.78, 5) is 11.7. The number of benzene rings is 1. The van der Waals surface area contributed by atoms with E-state index in [1.165, 1.54) is 24.8 Å². The fraction of sp³-hybridized carbons (Fsp3) is 0.462. The van der Waals surface area contributed by atoms with Gasteiger partial charge in [0.1, 0.15) is 0 Å². The van der Waals surface area contributed by atoms with Gasteiger partial charge in [-0.25, -0.2) is 0 Å². The largest absolute Gasteiger partial charge is 0.326 e. The van der Waals surface area contributed by atoms with Crippen LogP contribution in [0.4, 0.5) is 5.69 Å². The number of halogens is 1. The van der Waals surface area contributed by atoms with Crippen LogP contribution in [-0.2, 0) is 11.2 Å². The van der Waals surface area contributed by atoms with E-state index in [0.29, 0.717) is 11.2 Å². The van der Waals surface area contributed by atoms with Crippen molar-refractivity contribution in [1.29, 1.82) is 0 Å². The Kier molecular flexibility index (Phi) is 2.51. The van der Waals surface area contributed by atoms with E-state index in [1.54, 1.807) is 0 Å². The van der Waals surface area contributed by atoms with E-state index in [4.69, 9.17) is 0 Å². The molecule has 1 unspecified atom stereocenters. The van der Waals surface area contributed by atoms with E-state index in [1.807, 2.05) is 6.07 Å². The van der Waals surface area contributed by atoms with Crippen molar-refractivity contribution in [3.05, 3.63) is 29.3 Å². The van der Waals surface area contributed by atoms with E-state index in [0.717, 1.165) is 17.2 Å². The lowest BCUT2D eigenvalue weighted by atomic mass is 9.80. The third-order valence-electron chi connectivity index (χ3n) is 3.64. The molecule has 1 aliphatic heterocycles. The van der Waals surface area contributed by atoms with Gasteiger partial charge in [0.25, 0.3) is 0 Å². The zero-order valence-electron chi connectivity index (χ0n) is 9.00. The molecular weight excluding hydrogens is 266 g/mol. The number of rotatable bonds is 2. The maximum Gasteiger partial charge on any atom is 0.228 e. The van der Waals surface area contributed by atoms with Crippen molar-refractivity contribution < 1.29 is 4.79 Å². The Morgan fingerprint density at radius 3 is 2.88 bits per heavy atom. The van der Waals surface area contributed by atoms with E-state index in [9.17, 15) is 4.79 Å². The molecule has 0 spiro atoms. The van der Waals surface area contributed by atoms with Gasteiger partial charge in [0.2, 0.25) is 5.91 Å². The first-order chi connectivity index (χ1) is 7.74. The minimum Gasteiger partial charge on any atom is -0.326 e. The number of amides is 1. The fourth-order valence-corrected chi connectivity index (χ4v) is 3.24. The number of hydrogen-bond donors (Lipinski definition) is 1. The summed E-state index contributed by atoms with van der Waals surface area (Å²) in [7, 11) is 0. The minimum absolute atomic E-state index is 0.113. The molecule has 2 aliphatic rings. The second kappa shape index (κ2) is 3.88. The van der Waals surface area contributed by atoms with Crippen molar-refractivity contribution in [3.8, 4) is 0 Å². The first-order valence-electron chi connectivity index (χ1n) is 5.81. The summed E-state index contributed by atoms with van der Waals surface area (Å²) in [6.07, 6.45) is 4.54. The number of alkyl halides is 1. The van der Waals surface area contributed by atoms with Crippen molar-refractivity contribution in [2.24, 2.45) is 5.92 Å². The molecule has 1 aliphatic carbocycles. The molecule has 3 heteroatoms. The van der Waals surface area contributed by atoms with Crippen LogP contribution in [0.1, 0.15) is 35.2 Å². The molecule has 1 heterocycles. The lowest BCUT2D eigenvalue weighted by Crippen LogP contribution is -2.16. The molecule has 1 atom stereocenters. The van der Waals surface area contributed by atoms with Gasteiger partial charge < -0.3 is 5.32 Å². The number of fused-ring (bicyclic) bond motifs is 1. The first-order valence-corrected chi connectivity index (χ1v) is 6.72. The van der Waals surface area contributed by atoms with Crippen LogP contribution >= 0.6 is 15.9 Å². The van der Waals surface area contributed by atoms with Crippen LogP contribution in [0, 0.1) is 5.92 Å². The number of hydrogen-bond acceptors (Lipinski definition) is 1. The molecule has 1 amide bonds. The van der Waals surface area contributed by atoms with Gasteiger partial charge in [0, 0.05) is 10.5 Å². The van der Waals surface area contributed by atoms with E-state index in [-0.39, 0.29) is 5.91 Å². The van der Waals surface area contributed by atoms with Crippen LogP contribution in [0.3, 0.4) is 0 Å². The molecule has 84 valence electrons. The van der Waals surface area contributed by atoms with Crippen molar-refractivity contribution in [3.63, 3.8) is 0 Å². The highest BCUT2D eigenvalue weighted by Gasteiger charge is 2.27. The van der Waals surface area contributed by atoms with E-state index in [2.05, 4.69) is 33.4 Å². The van der Waals surface area contributed by atoms with Gasteiger partial charge in [0.15, 0.2) is 0 Å². The van der Waals surface area contributed by atoms with Crippen molar-refractivity contribution in [2.75, 3.05) is 5.32 Å². The molecule has 1 N–H and O–H groups in total. The Balaban J connectivity index is 1.86. The molecular formula is C13H14BrNO. The molecule has 0 bridgehead atoms. The molecule has 1 fully saturated rings. The zero-order valence-corrected chi connectivity index (χ0v) is 10.6. The zero-order chi connectivity index (χ0) is 11.1. The molecule has 2 nitrogen and oxygen atoms in total. The summed E-state index contributed by atoms with van der Waals surface area (Å²) in [5, 5.41) is 2.87. The summed E-state index contributed by atoms with van der Waals surface area (Å²) >= 11 is 3.78. The summed E-state index contributed by atoms with van der Waals surface area (Å²) in [5.74, 6) is 0.894. The lowest BCUT2D eigenvalue weighted by Gasteiger charge is -2.30. The Labute approximate surface area is 104 Å². The normalized spacial score (nSPS) is 21.2. The maximum absolute atomic E-state index is 11.3.